The van der Waals surface area contributed by atoms with Gasteiger partial charge in [0.2, 0.25) is 5.91 Å². The molecule has 96 valence electrons. The Labute approximate surface area is 113 Å². The van der Waals surface area contributed by atoms with Gasteiger partial charge in [0.15, 0.2) is 0 Å². The Morgan fingerprint density at radius 3 is 2.50 bits per heavy atom. The summed E-state index contributed by atoms with van der Waals surface area (Å²) in [6.07, 6.45) is 0.983. The number of nitriles is 1. The Balaban J connectivity index is 2.94. The van der Waals surface area contributed by atoms with Crippen LogP contribution in [0.5, 0.6) is 0 Å². The normalized spacial score (nSPS) is 10.8. The summed E-state index contributed by atoms with van der Waals surface area (Å²) >= 11 is 6.00. The van der Waals surface area contributed by atoms with E-state index in [0.717, 1.165) is 5.56 Å². The largest absolute Gasteiger partial charge is 0.325 e. The van der Waals surface area contributed by atoms with Crippen LogP contribution in [0.25, 0.3) is 0 Å². The monoisotopic (exact) mass is 264 g/mol. The maximum Gasteiger partial charge on any atom is 0.244 e. The molecule has 1 aromatic rings. The lowest BCUT2D eigenvalue weighted by Gasteiger charge is -2.22. The average molecular weight is 265 g/mol. The highest BCUT2D eigenvalue weighted by Gasteiger charge is 2.34. The topological polar surface area (TPSA) is 52.9 Å². The number of nitrogens with one attached hydrogen (secondary N) is 1. The fourth-order valence-electron chi connectivity index (χ4n) is 1.70. The van der Waals surface area contributed by atoms with Crippen LogP contribution in [0, 0.1) is 23.7 Å². The molecule has 4 heteroatoms. The molecule has 0 heterocycles. The van der Waals surface area contributed by atoms with Crippen molar-refractivity contribution in [1.82, 2.24) is 0 Å². The number of halogens is 1. The summed E-state index contributed by atoms with van der Waals surface area (Å²) in [5, 5.41) is 12.5. The van der Waals surface area contributed by atoms with Gasteiger partial charge in [0, 0.05) is 10.7 Å². The van der Waals surface area contributed by atoms with Gasteiger partial charge in [-0.2, -0.15) is 5.26 Å². The van der Waals surface area contributed by atoms with E-state index in [4.69, 9.17) is 11.6 Å². The van der Waals surface area contributed by atoms with Crippen molar-refractivity contribution in [2.24, 2.45) is 5.41 Å². The lowest BCUT2D eigenvalue weighted by Crippen LogP contribution is -2.33. The summed E-state index contributed by atoms with van der Waals surface area (Å²) in [6, 6.07) is 7.43. The van der Waals surface area contributed by atoms with Crippen LogP contribution in [0.15, 0.2) is 18.2 Å². The molecule has 0 saturated heterocycles. The Morgan fingerprint density at radius 2 is 2.06 bits per heavy atom. The third kappa shape index (κ3) is 2.83. The van der Waals surface area contributed by atoms with Crippen LogP contribution in [-0.2, 0) is 4.79 Å². The minimum Gasteiger partial charge on any atom is -0.325 e. The Kier molecular flexibility index (Phi) is 4.75. The molecule has 0 unspecified atom stereocenters. The Bertz CT molecular complexity index is 487. The second-order valence-electron chi connectivity index (χ2n) is 4.32. The molecule has 1 rings (SSSR count). The number of nitrogens with zero attached hydrogens (tertiary/aromatic N) is 1. The van der Waals surface area contributed by atoms with Crippen LogP contribution < -0.4 is 5.32 Å². The molecule has 0 radical (unpaired) electrons. The zero-order valence-electron chi connectivity index (χ0n) is 10.9. The Hall–Kier alpha value is -1.53. The van der Waals surface area contributed by atoms with Crippen molar-refractivity contribution in [3.63, 3.8) is 0 Å². The molecule has 1 aromatic carbocycles. The van der Waals surface area contributed by atoms with E-state index in [1.165, 1.54) is 0 Å². The summed E-state index contributed by atoms with van der Waals surface area (Å²) in [6.45, 7) is 5.58. The second kappa shape index (κ2) is 5.88. The number of aryl methyl sites for hydroxylation is 1. The van der Waals surface area contributed by atoms with E-state index < -0.39 is 5.41 Å². The van der Waals surface area contributed by atoms with Gasteiger partial charge in [-0.3, -0.25) is 4.79 Å². The first-order valence-electron chi connectivity index (χ1n) is 5.98. The van der Waals surface area contributed by atoms with Gasteiger partial charge in [-0.15, -0.1) is 0 Å². The van der Waals surface area contributed by atoms with Crippen molar-refractivity contribution >= 4 is 23.2 Å². The van der Waals surface area contributed by atoms with Crippen LogP contribution in [0.2, 0.25) is 5.02 Å². The second-order valence-corrected chi connectivity index (χ2v) is 4.73. The SMILES string of the molecule is CCC(C#N)(CC)C(=O)Nc1ccc(C)c(Cl)c1. The van der Waals surface area contributed by atoms with E-state index in [1.54, 1.807) is 12.1 Å². The number of hydrogen-bond acceptors (Lipinski definition) is 2. The van der Waals surface area contributed by atoms with E-state index >= 15 is 0 Å². The van der Waals surface area contributed by atoms with E-state index in [9.17, 15) is 10.1 Å². The van der Waals surface area contributed by atoms with Crippen LogP contribution in [0.3, 0.4) is 0 Å². The third-order valence-electron chi connectivity index (χ3n) is 3.29. The highest BCUT2D eigenvalue weighted by molar-refractivity contribution is 6.31. The van der Waals surface area contributed by atoms with Gasteiger partial charge in [0.1, 0.15) is 5.41 Å². The van der Waals surface area contributed by atoms with Crippen molar-refractivity contribution in [3.8, 4) is 6.07 Å². The van der Waals surface area contributed by atoms with Gasteiger partial charge >= 0.3 is 0 Å². The summed E-state index contributed by atoms with van der Waals surface area (Å²) < 4.78 is 0. The van der Waals surface area contributed by atoms with E-state index in [-0.39, 0.29) is 5.91 Å². The fourth-order valence-corrected chi connectivity index (χ4v) is 1.88. The maximum atomic E-state index is 12.1. The summed E-state index contributed by atoms with van der Waals surface area (Å²) in [4.78, 5) is 12.1. The maximum absolute atomic E-state index is 12.1. The quantitative estimate of drug-likeness (QED) is 0.896. The van der Waals surface area contributed by atoms with Crippen molar-refractivity contribution in [1.29, 1.82) is 5.26 Å². The summed E-state index contributed by atoms with van der Waals surface area (Å²) in [5.41, 5.74) is 0.612. The number of benzene rings is 1. The molecule has 18 heavy (non-hydrogen) atoms. The van der Waals surface area contributed by atoms with Gasteiger partial charge in [0.05, 0.1) is 6.07 Å². The summed E-state index contributed by atoms with van der Waals surface area (Å²) in [7, 11) is 0. The smallest absolute Gasteiger partial charge is 0.244 e. The molecule has 0 bridgehead atoms. The number of hydrogen-bond donors (Lipinski definition) is 1. The molecule has 0 atom stereocenters. The highest BCUT2D eigenvalue weighted by atomic mass is 35.5. The van der Waals surface area contributed by atoms with Crippen molar-refractivity contribution in [2.75, 3.05) is 5.32 Å². The Morgan fingerprint density at radius 1 is 1.44 bits per heavy atom. The van der Waals surface area contributed by atoms with Crippen LogP contribution in [0.1, 0.15) is 32.3 Å². The predicted molar refractivity (Wildman–Crippen MR) is 73.4 cm³/mol. The standard InChI is InChI=1S/C14H17ClN2O/c1-4-14(5-2,9-16)13(18)17-11-7-6-10(3)12(15)8-11/h6-8H,4-5H2,1-3H3,(H,17,18). The third-order valence-corrected chi connectivity index (χ3v) is 3.69. The highest BCUT2D eigenvalue weighted by Crippen LogP contribution is 2.28. The van der Waals surface area contributed by atoms with E-state index in [2.05, 4.69) is 11.4 Å². The van der Waals surface area contributed by atoms with E-state index in [1.807, 2.05) is 26.8 Å². The van der Waals surface area contributed by atoms with Crippen LogP contribution >= 0.6 is 11.6 Å². The molecular weight excluding hydrogens is 248 g/mol. The molecule has 0 spiro atoms. The lowest BCUT2D eigenvalue weighted by atomic mass is 9.83. The van der Waals surface area contributed by atoms with Gasteiger partial charge in [0.25, 0.3) is 0 Å². The first-order valence-corrected chi connectivity index (χ1v) is 6.35. The number of anilines is 1. The van der Waals surface area contributed by atoms with Gasteiger partial charge in [-0.25, -0.2) is 0 Å². The molecule has 0 saturated carbocycles. The van der Waals surface area contributed by atoms with E-state index in [0.29, 0.717) is 23.6 Å². The van der Waals surface area contributed by atoms with Crippen molar-refractivity contribution in [2.45, 2.75) is 33.6 Å². The van der Waals surface area contributed by atoms with Gasteiger partial charge < -0.3 is 5.32 Å². The first kappa shape index (κ1) is 14.5. The average Bonchev–Trinajstić information content (AvgIpc) is 2.37. The summed E-state index contributed by atoms with van der Waals surface area (Å²) in [5.74, 6) is -0.269. The first-order chi connectivity index (χ1) is 8.49. The van der Waals surface area contributed by atoms with Crippen molar-refractivity contribution < 1.29 is 4.79 Å². The molecule has 0 aliphatic rings. The molecule has 1 amide bonds. The number of carbonyl (C=O) groups is 1. The van der Waals surface area contributed by atoms with Crippen LogP contribution in [-0.4, -0.2) is 5.91 Å². The molecule has 0 aromatic heterocycles. The minimum atomic E-state index is -0.961. The zero-order chi connectivity index (χ0) is 13.8. The fraction of sp³-hybridized carbons (Fsp3) is 0.429. The number of amides is 1. The van der Waals surface area contributed by atoms with Gasteiger partial charge in [-0.05, 0) is 37.5 Å². The minimum absolute atomic E-state index is 0.269. The number of carbonyl (C=O) groups excluding carboxylic acids is 1. The molecule has 0 aliphatic heterocycles. The predicted octanol–water partition coefficient (Wildman–Crippen LogP) is 3.92. The van der Waals surface area contributed by atoms with Gasteiger partial charge in [-0.1, -0.05) is 31.5 Å². The molecular formula is C14H17ClN2O. The van der Waals surface area contributed by atoms with Crippen LogP contribution in [0.4, 0.5) is 5.69 Å². The molecule has 3 nitrogen and oxygen atoms in total. The lowest BCUT2D eigenvalue weighted by molar-refractivity contribution is -0.123. The molecule has 0 aliphatic carbocycles. The zero-order valence-corrected chi connectivity index (χ0v) is 11.6. The number of rotatable bonds is 4. The van der Waals surface area contributed by atoms with Crippen molar-refractivity contribution in [3.05, 3.63) is 28.8 Å². The molecule has 1 N–H and O–H groups in total. The molecule has 0 fully saturated rings.